The maximum Gasteiger partial charge on any atom is 0.258 e. The Morgan fingerprint density at radius 1 is 1.14 bits per heavy atom. The fraction of sp³-hybridized carbons (Fsp3) is 0.0625. The standard InChI is InChI=1S/C16H14N4O2/c21-15(19-16-17-11-18-20-16)13-7-4-8-14(9-13)22-10-12-5-2-1-3-6-12/h1-9,11H,10H2,(H2,17,18,19,20,21). The van der Waals surface area contributed by atoms with Gasteiger partial charge in [0.2, 0.25) is 5.95 Å². The number of hydrogen-bond donors (Lipinski definition) is 2. The lowest BCUT2D eigenvalue weighted by molar-refractivity contribution is 0.102. The lowest BCUT2D eigenvalue weighted by Gasteiger charge is -2.08. The molecule has 2 N–H and O–H groups in total. The summed E-state index contributed by atoms with van der Waals surface area (Å²) >= 11 is 0. The molecule has 0 bridgehead atoms. The topological polar surface area (TPSA) is 79.9 Å². The highest BCUT2D eigenvalue weighted by Crippen LogP contribution is 2.16. The number of rotatable bonds is 5. The lowest BCUT2D eigenvalue weighted by atomic mass is 10.2. The smallest absolute Gasteiger partial charge is 0.258 e. The largest absolute Gasteiger partial charge is 0.489 e. The van der Waals surface area contributed by atoms with Gasteiger partial charge in [0, 0.05) is 5.56 Å². The highest BCUT2D eigenvalue weighted by atomic mass is 16.5. The van der Waals surface area contributed by atoms with E-state index >= 15 is 0 Å². The molecular weight excluding hydrogens is 280 g/mol. The van der Waals surface area contributed by atoms with Crippen molar-refractivity contribution in [1.29, 1.82) is 0 Å². The third kappa shape index (κ3) is 3.49. The maximum atomic E-state index is 12.1. The van der Waals surface area contributed by atoms with Crippen LogP contribution in [0, 0.1) is 0 Å². The van der Waals surface area contributed by atoms with Crippen LogP contribution in [0.5, 0.6) is 5.75 Å². The molecule has 0 saturated carbocycles. The van der Waals surface area contributed by atoms with Crippen LogP contribution < -0.4 is 10.1 Å². The van der Waals surface area contributed by atoms with Crippen LogP contribution in [0.2, 0.25) is 0 Å². The number of anilines is 1. The summed E-state index contributed by atoms with van der Waals surface area (Å²) in [4.78, 5) is 15.9. The van der Waals surface area contributed by atoms with E-state index in [9.17, 15) is 4.79 Å². The van der Waals surface area contributed by atoms with Gasteiger partial charge < -0.3 is 4.74 Å². The number of amides is 1. The van der Waals surface area contributed by atoms with Crippen molar-refractivity contribution in [3.05, 3.63) is 72.1 Å². The third-order valence-electron chi connectivity index (χ3n) is 2.99. The molecule has 0 aliphatic carbocycles. The van der Waals surface area contributed by atoms with Crippen molar-refractivity contribution >= 4 is 11.9 Å². The quantitative estimate of drug-likeness (QED) is 0.758. The molecule has 0 radical (unpaired) electrons. The highest BCUT2D eigenvalue weighted by Gasteiger charge is 2.08. The van der Waals surface area contributed by atoms with Gasteiger partial charge in [0.05, 0.1) is 0 Å². The fourth-order valence-corrected chi connectivity index (χ4v) is 1.91. The minimum absolute atomic E-state index is 0.276. The zero-order valence-electron chi connectivity index (χ0n) is 11.7. The molecule has 3 rings (SSSR count). The number of ether oxygens (including phenoxy) is 1. The monoisotopic (exact) mass is 294 g/mol. The van der Waals surface area contributed by atoms with E-state index in [2.05, 4.69) is 20.5 Å². The Bertz CT molecular complexity index is 742. The van der Waals surface area contributed by atoms with E-state index in [0.29, 0.717) is 23.9 Å². The highest BCUT2D eigenvalue weighted by molar-refractivity contribution is 6.03. The van der Waals surface area contributed by atoms with Crippen LogP contribution in [-0.4, -0.2) is 21.1 Å². The van der Waals surface area contributed by atoms with E-state index < -0.39 is 0 Å². The zero-order valence-corrected chi connectivity index (χ0v) is 11.7. The molecule has 22 heavy (non-hydrogen) atoms. The first-order valence-corrected chi connectivity index (χ1v) is 6.75. The molecule has 3 aromatic rings. The van der Waals surface area contributed by atoms with Crippen LogP contribution in [0.25, 0.3) is 0 Å². The van der Waals surface area contributed by atoms with E-state index in [-0.39, 0.29) is 5.91 Å². The average molecular weight is 294 g/mol. The van der Waals surface area contributed by atoms with Crippen molar-refractivity contribution < 1.29 is 9.53 Å². The van der Waals surface area contributed by atoms with Gasteiger partial charge in [-0.3, -0.25) is 10.1 Å². The number of hydrogen-bond acceptors (Lipinski definition) is 4. The lowest BCUT2D eigenvalue weighted by Crippen LogP contribution is -2.13. The molecule has 0 fully saturated rings. The minimum Gasteiger partial charge on any atom is -0.489 e. The maximum absolute atomic E-state index is 12.1. The van der Waals surface area contributed by atoms with Crippen LogP contribution in [0.15, 0.2) is 60.9 Å². The Balaban J connectivity index is 1.65. The second-order valence-electron chi connectivity index (χ2n) is 4.59. The fourth-order valence-electron chi connectivity index (χ4n) is 1.91. The molecule has 0 spiro atoms. The number of carbonyl (C=O) groups excluding carboxylic acids is 1. The Hall–Kier alpha value is -3.15. The molecule has 6 heteroatoms. The number of aromatic nitrogens is 3. The molecule has 1 aromatic heterocycles. The number of H-pyrrole nitrogens is 1. The SMILES string of the molecule is O=C(Nc1ncn[nH]1)c1cccc(OCc2ccccc2)c1. The summed E-state index contributed by atoms with van der Waals surface area (Å²) in [6.07, 6.45) is 1.33. The first-order chi connectivity index (χ1) is 10.8. The summed E-state index contributed by atoms with van der Waals surface area (Å²) in [6, 6.07) is 16.8. The van der Waals surface area contributed by atoms with Crippen molar-refractivity contribution in [3.8, 4) is 5.75 Å². The van der Waals surface area contributed by atoms with E-state index in [1.165, 1.54) is 6.33 Å². The number of nitrogens with zero attached hydrogens (tertiary/aromatic N) is 2. The van der Waals surface area contributed by atoms with Crippen LogP contribution in [0.4, 0.5) is 5.95 Å². The summed E-state index contributed by atoms with van der Waals surface area (Å²) in [5.41, 5.74) is 1.56. The molecule has 0 aliphatic heterocycles. The van der Waals surface area contributed by atoms with Gasteiger partial charge in [-0.15, -0.1) is 0 Å². The van der Waals surface area contributed by atoms with Gasteiger partial charge in [0.25, 0.3) is 5.91 Å². The molecule has 2 aromatic carbocycles. The molecule has 1 heterocycles. The first-order valence-electron chi connectivity index (χ1n) is 6.75. The van der Waals surface area contributed by atoms with Crippen LogP contribution >= 0.6 is 0 Å². The van der Waals surface area contributed by atoms with Crippen molar-refractivity contribution in [1.82, 2.24) is 15.2 Å². The Kier molecular flexibility index (Phi) is 4.10. The van der Waals surface area contributed by atoms with Crippen LogP contribution in [0.3, 0.4) is 0 Å². The Morgan fingerprint density at radius 3 is 2.77 bits per heavy atom. The van der Waals surface area contributed by atoms with E-state index in [1.807, 2.05) is 36.4 Å². The van der Waals surface area contributed by atoms with Gasteiger partial charge in [0.15, 0.2) is 0 Å². The van der Waals surface area contributed by atoms with Crippen LogP contribution in [0.1, 0.15) is 15.9 Å². The number of nitrogens with one attached hydrogen (secondary N) is 2. The molecule has 110 valence electrons. The molecule has 0 aliphatic rings. The van der Waals surface area contributed by atoms with Crippen LogP contribution in [-0.2, 0) is 6.61 Å². The first kappa shape index (κ1) is 13.8. The second-order valence-corrected chi connectivity index (χ2v) is 4.59. The summed E-state index contributed by atoms with van der Waals surface area (Å²) in [5.74, 6) is 0.664. The van der Waals surface area contributed by atoms with Crippen molar-refractivity contribution in [2.45, 2.75) is 6.61 Å². The average Bonchev–Trinajstić information content (AvgIpc) is 3.07. The predicted molar refractivity (Wildman–Crippen MR) is 81.6 cm³/mol. The molecule has 0 saturated heterocycles. The van der Waals surface area contributed by atoms with Gasteiger partial charge in [-0.05, 0) is 23.8 Å². The zero-order chi connectivity index (χ0) is 15.2. The summed E-state index contributed by atoms with van der Waals surface area (Å²) in [5, 5.41) is 8.86. The van der Waals surface area contributed by atoms with E-state index in [4.69, 9.17) is 4.74 Å². The number of aromatic amines is 1. The molecule has 0 unspecified atom stereocenters. The van der Waals surface area contributed by atoms with E-state index in [1.54, 1.807) is 18.2 Å². The van der Waals surface area contributed by atoms with Crippen molar-refractivity contribution in [3.63, 3.8) is 0 Å². The third-order valence-corrected chi connectivity index (χ3v) is 2.99. The molecular formula is C16H14N4O2. The van der Waals surface area contributed by atoms with Crippen molar-refractivity contribution in [2.75, 3.05) is 5.32 Å². The summed E-state index contributed by atoms with van der Waals surface area (Å²) < 4.78 is 5.70. The second kappa shape index (κ2) is 6.53. The molecule has 1 amide bonds. The van der Waals surface area contributed by atoms with E-state index in [0.717, 1.165) is 5.56 Å². The number of carbonyl (C=O) groups is 1. The normalized spacial score (nSPS) is 10.2. The Labute approximate surface area is 127 Å². The van der Waals surface area contributed by atoms with Crippen molar-refractivity contribution in [2.24, 2.45) is 0 Å². The Morgan fingerprint density at radius 2 is 2.00 bits per heavy atom. The summed E-state index contributed by atoms with van der Waals surface area (Å²) in [7, 11) is 0. The van der Waals surface area contributed by atoms with Gasteiger partial charge in [-0.25, -0.2) is 5.10 Å². The van der Waals surface area contributed by atoms with Gasteiger partial charge in [0.1, 0.15) is 18.7 Å². The van der Waals surface area contributed by atoms with Gasteiger partial charge in [-0.2, -0.15) is 10.1 Å². The number of benzene rings is 2. The van der Waals surface area contributed by atoms with Gasteiger partial charge in [-0.1, -0.05) is 36.4 Å². The minimum atomic E-state index is -0.276. The summed E-state index contributed by atoms with van der Waals surface area (Å²) in [6.45, 7) is 0.452. The molecule has 0 atom stereocenters. The molecule has 6 nitrogen and oxygen atoms in total. The predicted octanol–water partition coefficient (Wildman–Crippen LogP) is 2.64. The van der Waals surface area contributed by atoms with Gasteiger partial charge >= 0.3 is 0 Å².